The molecule has 2 aromatic carbocycles. The molecule has 0 spiro atoms. The SMILES string of the molecule is CC(C)Cc1ccc(C(=O)NNC(=S)Nc2ccccc2F)cc1. The van der Waals surface area contributed by atoms with Gasteiger partial charge in [0.2, 0.25) is 0 Å². The van der Waals surface area contributed by atoms with Crippen LogP contribution >= 0.6 is 12.2 Å². The van der Waals surface area contributed by atoms with Gasteiger partial charge in [0.15, 0.2) is 5.11 Å². The average Bonchev–Trinajstić information content (AvgIpc) is 2.55. The maximum Gasteiger partial charge on any atom is 0.269 e. The minimum absolute atomic E-state index is 0.102. The van der Waals surface area contributed by atoms with Gasteiger partial charge < -0.3 is 5.32 Å². The third-order valence-electron chi connectivity index (χ3n) is 3.27. The Balaban J connectivity index is 1.86. The van der Waals surface area contributed by atoms with Gasteiger partial charge in [-0.15, -0.1) is 0 Å². The number of thiocarbonyl (C=S) groups is 1. The predicted octanol–water partition coefficient (Wildman–Crippen LogP) is 3.66. The van der Waals surface area contributed by atoms with Crippen LogP contribution in [-0.4, -0.2) is 11.0 Å². The number of halogens is 1. The van der Waals surface area contributed by atoms with E-state index in [-0.39, 0.29) is 16.7 Å². The summed E-state index contributed by atoms with van der Waals surface area (Å²) in [6.45, 7) is 4.29. The van der Waals surface area contributed by atoms with Gasteiger partial charge in [0.25, 0.3) is 5.91 Å². The number of para-hydroxylation sites is 1. The van der Waals surface area contributed by atoms with Crippen molar-refractivity contribution < 1.29 is 9.18 Å². The summed E-state index contributed by atoms with van der Waals surface area (Å²) in [6.07, 6.45) is 0.969. The minimum atomic E-state index is -0.422. The van der Waals surface area contributed by atoms with Gasteiger partial charge in [-0.3, -0.25) is 15.6 Å². The first-order valence-corrected chi connectivity index (χ1v) is 8.07. The van der Waals surface area contributed by atoms with Crippen LogP contribution in [0.1, 0.15) is 29.8 Å². The number of rotatable bonds is 4. The van der Waals surface area contributed by atoms with Crippen molar-refractivity contribution in [3.63, 3.8) is 0 Å². The Bertz CT molecular complexity index is 716. The van der Waals surface area contributed by atoms with E-state index in [4.69, 9.17) is 12.2 Å². The van der Waals surface area contributed by atoms with E-state index >= 15 is 0 Å². The van der Waals surface area contributed by atoms with Crippen LogP contribution in [0.2, 0.25) is 0 Å². The fourth-order valence-corrected chi connectivity index (χ4v) is 2.33. The molecule has 0 saturated carbocycles. The molecular weight excluding hydrogens is 325 g/mol. The van der Waals surface area contributed by atoms with Crippen LogP contribution in [-0.2, 0) is 6.42 Å². The van der Waals surface area contributed by atoms with Crippen molar-refractivity contribution in [2.24, 2.45) is 5.92 Å². The molecule has 3 N–H and O–H groups in total. The van der Waals surface area contributed by atoms with Crippen molar-refractivity contribution in [1.29, 1.82) is 0 Å². The van der Waals surface area contributed by atoms with Gasteiger partial charge in [-0.05, 0) is 54.4 Å². The smallest absolute Gasteiger partial charge is 0.269 e. The highest BCUT2D eigenvalue weighted by Gasteiger charge is 2.07. The largest absolute Gasteiger partial charge is 0.329 e. The van der Waals surface area contributed by atoms with E-state index in [1.807, 2.05) is 12.1 Å². The third-order valence-corrected chi connectivity index (χ3v) is 3.48. The van der Waals surface area contributed by atoms with Crippen LogP contribution in [0, 0.1) is 11.7 Å². The molecule has 0 unspecified atom stereocenters. The molecule has 126 valence electrons. The molecule has 0 aliphatic rings. The zero-order chi connectivity index (χ0) is 17.5. The highest BCUT2D eigenvalue weighted by Crippen LogP contribution is 2.12. The molecule has 0 radical (unpaired) electrons. The molecule has 2 aromatic rings. The second kappa shape index (κ2) is 8.40. The summed E-state index contributed by atoms with van der Waals surface area (Å²) < 4.78 is 13.5. The molecule has 0 bridgehead atoms. The van der Waals surface area contributed by atoms with E-state index in [2.05, 4.69) is 30.0 Å². The molecule has 4 nitrogen and oxygen atoms in total. The summed E-state index contributed by atoms with van der Waals surface area (Å²) in [7, 11) is 0. The third kappa shape index (κ3) is 5.31. The lowest BCUT2D eigenvalue weighted by atomic mass is 10.0. The van der Waals surface area contributed by atoms with Crippen molar-refractivity contribution in [3.8, 4) is 0 Å². The van der Waals surface area contributed by atoms with Crippen LogP contribution in [0.5, 0.6) is 0 Å². The summed E-state index contributed by atoms with van der Waals surface area (Å²) in [5.74, 6) is -0.175. The molecule has 6 heteroatoms. The Labute approximate surface area is 146 Å². The fourth-order valence-electron chi connectivity index (χ4n) is 2.17. The first-order chi connectivity index (χ1) is 11.5. The van der Waals surface area contributed by atoms with Gasteiger partial charge in [-0.25, -0.2) is 4.39 Å². The van der Waals surface area contributed by atoms with Gasteiger partial charge in [0.05, 0.1) is 5.69 Å². The van der Waals surface area contributed by atoms with Gasteiger partial charge in [-0.1, -0.05) is 38.1 Å². The number of amides is 1. The van der Waals surface area contributed by atoms with E-state index in [9.17, 15) is 9.18 Å². The second-order valence-electron chi connectivity index (χ2n) is 5.81. The molecule has 0 saturated heterocycles. The molecule has 0 fully saturated rings. The average molecular weight is 345 g/mol. The van der Waals surface area contributed by atoms with Crippen molar-refractivity contribution >= 4 is 28.9 Å². The summed E-state index contributed by atoms with van der Waals surface area (Å²) in [4.78, 5) is 12.1. The molecule has 0 aliphatic carbocycles. The number of benzene rings is 2. The zero-order valence-corrected chi connectivity index (χ0v) is 14.4. The number of anilines is 1. The highest BCUT2D eigenvalue weighted by molar-refractivity contribution is 7.80. The van der Waals surface area contributed by atoms with Crippen molar-refractivity contribution in [1.82, 2.24) is 10.9 Å². The van der Waals surface area contributed by atoms with Crippen LogP contribution in [0.4, 0.5) is 10.1 Å². The van der Waals surface area contributed by atoms with E-state index < -0.39 is 5.82 Å². The highest BCUT2D eigenvalue weighted by atomic mass is 32.1. The van der Waals surface area contributed by atoms with Crippen molar-refractivity contribution in [2.75, 3.05) is 5.32 Å². The Morgan fingerprint density at radius 2 is 1.75 bits per heavy atom. The predicted molar refractivity (Wildman–Crippen MR) is 98.2 cm³/mol. The lowest BCUT2D eigenvalue weighted by molar-refractivity contribution is 0.0944. The maximum atomic E-state index is 13.5. The van der Waals surface area contributed by atoms with Gasteiger partial charge in [0.1, 0.15) is 5.82 Å². The lowest BCUT2D eigenvalue weighted by Crippen LogP contribution is -2.43. The van der Waals surface area contributed by atoms with E-state index in [0.29, 0.717) is 11.5 Å². The van der Waals surface area contributed by atoms with E-state index in [0.717, 1.165) is 6.42 Å². The van der Waals surface area contributed by atoms with Crippen LogP contribution in [0.3, 0.4) is 0 Å². The van der Waals surface area contributed by atoms with E-state index in [1.54, 1.807) is 30.3 Å². The Morgan fingerprint density at radius 3 is 2.38 bits per heavy atom. The minimum Gasteiger partial charge on any atom is -0.329 e. The number of carbonyl (C=O) groups is 1. The van der Waals surface area contributed by atoms with Crippen LogP contribution in [0.15, 0.2) is 48.5 Å². The molecule has 0 heterocycles. The number of nitrogens with one attached hydrogen (secondary N) is 3. The number of hydrogen-bond donors (Lipinski definition) is 3. The molecule has 1 amide bonds. The van der Waals surface area contributed by atoms with Crippen molar-refractivity contribution in [3.05, 3.63) is 65.5 Å². The molecule has 0 atom stereocenters. The second-order valence-corrected chi connectivity index (χ2v) is 6.22. The Kier molecular flexibility index (Phi) is 6.26. The Hall–Kier alpha value is -2.47. The summed E-state index contributed by atoms with van der Waals surface area (Å²) in [5, 5.41) is 2.78. The monoisotopic (exact) mass is 345 g/mol. The van der Waals surface area contributed by atoms with Crippen molar-refractivity contribution in [2.45, 2.75) is 20.3 Å². The van der Waals surface area contributed by atoms with Gasteiger partial charge >= 0.3 is 0 Å². The fraction of sp³-hybridized carbons (Fsp3) is 0.222. The van der Waals surface area contributed by atoms with E-state index in [1.165, 1.54) is 11.6 Å². The van der Waals surface area contributed by atoms with Gasteiger partial charge in [-0.2, -0.15) is 0 Å². The molecule has 0 aliphatic heterocycles. The first-order valence-electron chi connectivity index (χ1n) is 7.66. The number of hydrogen-bond acceptors (Lipinski definition) is 2. The van der Waals surface area contributed by atoms with Gasteiger partial charge in [0, 0.05) is 5.56 Å². The quantitative estimate of drug-likeness (QED) is 0.585. The lowest BCUT2D eigenvalue weighted by Gasteiger charge is -2.12. The molecule has 24 heavy (non-hydrogen) atoms. The van der Waals surface area contributed by atoms with Crippen LogP contribution in [0.25, 0.3) is 0 Å². The standard InChI is InChI=1S/C18H20FN3OS/c1-12(2)11-13-7-9-14(10-8-13)17(23)21-22-18(24)20-16-6-4-3-5-15(16)19/h3-10,12H,11H2,1-2H3,(H,21,23)(H2,20,22,24). The topological polar surface area (TPSA) is 53.2 Å². The first kappa shape index (κ1) is 17.9. The number of carbonyl (C=O) groups excluding carboxylic acids is 1. The summed E-state index contributed by atoms with van der Waals surface area (Å²) in [6, 6.07) is 13.5. The maximum absolute atomic E-state index is 13.5. The summed E-state index contributed by atoms with van der Waals surface area (Å²) >= 11 is 5.03. The normalized spacial score (nSPS) is 10.3. The molecule has 2 rings (SSSR count). The number of hydrazine groups is 1. The zero-order valence-electron chi connectivity index (χ0n) is 13.6. The molecule has 0 aromatic heterocycles. The molecular formula is C18H20FN3OS. The van der Waals surface area contributed by atoms with Crippen LogP contribution < -0.4 is 16.2 Å². The Morgan fingerprint density at radius 1 is 1.08 bits per heavy atom. The summed E-state index contributed by atoms with van der Waals surface area (Å²) in [5.41, 5.74) is 6.98.